The fraction of sp³-hybridized carbons (Fsp3) is 0.529. The highest BCUT2D eigenvalue weighted by Crippen LogP contribution is 2.24. The average molecular weight is 664 g/mol. The van der Waals surface area contributed by atoms with E-state index in [9.17, 15) is 24.0 Å². The zero-order valence-electron chi connectivity index (χ0n) is 28.6. The molecule has 2 fully saturated rings. The summed E-state index contributed by atoms with van der Waals surface area (Å²) in [4.78, 5) is 75.2. The molecule has 48 heavy (non-hydrogen) atoms. The van der Waals surface area contributed by atoms with Gasteiger partial charge in [0.25, 0.3) is 11.5 Å². The van der Waals surface area contributed by atoms with Gasteiger partial charge in [-0.3, -0.25) is 23.5 Å². The molecule has 1 aromatic carbocycles. The fourth-order valence-corrected chi connectivity index (χ4v) is 5.95. The molecule has 2 amide bonds. The van der Waals surface area contributed by atoms with Crippen molar-refractivity contribution in [1.82, 2.24) is 28.9 Å². The molecule has 2 aliphatic heterocycles. The van der Waals surface area contributed by atoms with Gasteiger partial charge in [-0.25, -0.2) is 9.59 Å². The van der Waals surface area contributed by atoms with Crippen LogP contribution in [0.3, 0.4) is 0 Å². The van der Waals surface area contributed by atoms with Gasteiger partial charge in [0.1, 0.15) is 5.60 Å². The number of nitrogens with one attached hydrogen (secondary N) is 1. The second-order valence-electron chi connectivity index (χ2n) is 13.5. The van der Waals surface area contributed by atoms with Crippen LogP contribution < -0.4 is 21.5 Å². The van der Waals surface area contributed by atoms with Crippen LogP contribution in [0.25, 0.3) is 11.2 Å². The molecule has 1 atom stereocenters. The minimum atomic E-state index is -0.678. The molecule has 14 nitrogen and oxygen atoms in total. The van der Waals surface area contributed by atoms with Gasteiger partial charge in [0, 0.05) is 56.9 Å². The Kier molecular flexibility index (Phi) is 10.2. The standard InChI is InChI=1S/C34H45N7O7/c1-22(2)12-14-40-27-28(36-31(40)39-13-8-11-25(20-39)35-32(45)48-34(3,4)5)37(6)33(46)41(30(27)44)21-26(42)23-9-7-10-24(19-23)29(43)38-15-17-47-18-16-38/h7,9-10,12,19,25H,8,11,13-18,20-21H2,1-6H3,(H,35,45). The monoisotopic (exact) mass is 663 g/mol. The number of hydrogen-bond donors (Lipinski definition) is 1. The summed E-state index contributed by atoms with van der Waals surface area (Å²) in [5, 5.41) is 2.95. The first-order chi connectivity index (χ1) is 22.7. The fourth-order valence-electron chi connectivity index (χ4n) is 5.95. The number of amides is 2. The molecular weight excluding hydrogens is 618 g/mol. The molecule has 2 aliphatic rings. The number of aryl methyl sites for hydroxylation is 1. The largest absolute Gasteiger partial charge is 0.444 e. The molecule has 3 aromatic rings. The van der Waals surface area contributed by atoms with Crippen molar-refractivity contribution in [3.63, 3.8) is 0 Å². The number of morpholine rings is 1. The molecule has 14 heteroatoms. The van der Waals surface area contributed by atoms with Gasteiger partial charge in [0.05, 0.1) is 19.8 Å². The van der Waals surface area contributed by atoms with Gasteiger partial charge in [-0.15, -0.1) is 0 Å². The lowest BCUT2D eigenvalue weighted by Gasteiger charge is -2.34. The van der Waals surface area contributed by atoms with Crippen LogP contribution in [0.4, 0.5) is 10.7 Å². The highest BCUT2D eigenvalue weighted by Gasteiger charge is 2.29. The van der Waals surface area contributed by atoms with E-state index in [0.29, 0.717) is 57.4 Å². The van der Waals surface area contributed by atoms with E-state index in [4.69, 9.17) is 14.5 Å². The Labute approximate surface area is 278 Å². The van der Waals surface area contributed by atoms with Crippen LogP contribution in [0.1, 0.15) is 68.2 Å². The number of nitrogens with zero attached hydrogens (tertiary/aromatic N) is 6. The number of ether oxygens (including phenoxy) is 2. The Morgan fingerprint density at radius 1 is 1.06 bits per heavy atom. The Balaban J connectivity index is 1.48. The molecule has 5 rings (SSSR count). The number of fused-ring (bicyclic) bond motifs is 1. The van der Waals surface area contributed by atoms with E-state index in [2.05, 4.69) is 5.32 Å². The topological polar surface area (TPSA) is 150 Å². The molecule has 2 aromatic heterocycles. The van der Waals surface area contributed by atoms with Crippen molar-refractivity contribution in [2.75, 3.05) is 44.3 Å². The summed E-state index contributed by atoms with van der Waals surface area (Å²) in [6.45, 7) is 12.0. The number of benzene rings is 1. The maximum atomic E-state index is 14.1. The first kappa shape index (κ1) is 34.6. The molecule has 0 aliphatic carbocycles. The van der Waals surface area contributed by atoms with Crippen LogP contribution in [-0.4, -0.2) is 92.4 Å². The van der Waals surface area contributed by atoms with Crippen molar-refractivity contribution in [2.24, 2.45) is 7.05 Å². The maximum absolute atomic E-state index is 14.1. The lowest BCUT2D eigenvalue weighted by molar-refractivity contribution is 0.0303. The van der Waals surface area contributed by atoms with Crippen LogP contribution in [-0.2, 0) is 29.6 Å². The van der Waals surface area contributed by atoms with Crippen molar-refractivity contribution in [2.45, 2.75) is 72.2 Å². The predicted molar refractivity (Wildman–Crippen MR) is 181 cm³/mol. The molecule has 0 spiro atoms. The summed E-state index contributed by atoms with van der Waals surface area (Å²) in [5.74, 6) is -0.198. The van der Waals surface area contributed by atoms with Crippen molar-refractivity contribution in [3.05, 3.63) is 67.9 Å². The second kappa shape index (κ2) is 14.2. The number of rotatable bonds is 8. The van der Waals surface area contributed by atoms with Gasteiger partial charge < -0.3 is 29.2 Å². The molecule has 0 radical (unpaired) electrons. The molecule has 0 bridgehead atoms. The summed E-state index contributed by atoms with van der Waals surface area (Å²) in [5.41, 5.74) is 0.0418. The molecular formula is C34H45N7O7. The van der Waals surface area contributed by atoms with Crippen molar-refractivity contribution in [3.8, 4) is 0 Å². The lowest BCUT2D eigenvalue weighted by atomic mass is 10.1. The average Bonchev–Trinajstić information content (AvgIpc) is 3.44. The maximum Gasteiger partial charge on any atom is 0.407 e. The highest BCUT2D eigenvalue weighted by molar-refractivity contribution is 6.00. The highest BCUT2D eigenvalue weighted by atomic mass is 16.6. The number of anilines is 1. The second-order valence-corrected chi connectivity index (χ2v) is 13.5. The molecule has 1 N–H and O–H groups in total. The van der Waals surface area contributed by atoms with Crippen molar-refractivity contribution < 1.29 is 23.9 Å². The Bertz CT molecular complexity index is 1850. The number of piperidine rings is 1. The normalized spacial score (nSPS) is 16.9. The summed E-state index contributed by atoms with van der Waals surface area (Å²) < 4.78 is 14.8. The van der Waals surface area contributed by atoms with Crippen LogP contribution >= 0.6 is 0 Å². The van der Waals surface area contributed by atoms with E-state index >= 15 is 0 Å². The van der Waals surface area contributed by atoms with E-state index in [-0.39, 0.29) is 28.7 Å². The number of imidazole rings is 1. The SMILES string of the molecule is CC(C)=CCn1c(N2CCCC(NC(=O)OC(C)(C)C)C2)nc2c1c(=O)n(CC(=O)c1cccc(C(=O)N3CCOCC3)c1)c(=O)n2C. The summed E-state index contributed by atoms with van der Waals surface area (Å²) in [6.07, 6.45) is 2.97. The van der Waals surface area contributed by atoms with Gasteiger partial charge in [-0.2, -0.15) is 4.98 Å². The number of allylic oxidation sites excluding steroid dienone is 2. The molecule has 2 saturated heterocycles. The molecule has 0 saturated carbocycles. The van der Waals surface area contributed by atoms with Crippen LogP contribution in [0, 0.1) is 0 Å². The van der Waals surface area contributed by atoms with E-state index in [1.165, 1.54) is 17.7 Å². The third kappa shape index (κ3) is 7.70. The van der Waals surface area contributed by atoms with Crippen LogP contribution in [0.2, 0.25) is 0 Å². The quantitative estimate of drug-likeness (QED) is 0.284. The van der Waals surface area contributed by atoms with Gasteiger partial charge in [0.2, 0.25) is 5.95 Å². The number of ketones is 1. The van der Waals surface area contributed by atoms with Gasteiger partial charge in [0.15, 0.2) is 16.9 Å². The number of Topliss-reactive ketones (excluding diaryl/α,β-unsaturated/α-hetero) is 1. The third-order valence-corrected chi connectivity index (χ3v) is 8.35. The zero-order chi connectivity index (χ0) is 34.7. The van der Waals surface area contributed by atoms with E-state index in [1.54, 1.807) is 48.4 Å². The summed E-state index contributed by atoms with van der Waals surface area (Å²) >= 11 is 0. The van der Waals surface area contributed by atoms with Crippen LogP contribution in [0.5, 0.6) is 0 Å². The number of carbonyl (C=O) groups excluding carboxylic acids is 3. The Morgan fingerprint density at radius 2 is 1.77 bits per heavy atom. The smallest absolute Gasteiger partial charge is 0.407 e. The summed E-state index contributed by atoms with van der Waals surface area (Å²) in [7, 11) is 1.53. The third-order valence-electron chi connectivity index (χ3n) is 8.35. The number of alkyl carbamates (subject to hydrolysis) is 1. The lowest BCUT2D eigenvalue weighted by Crippen LogP contribution is -2.49. The predicted octanol–water partition coefficient (Wildman–Crippen LogP) is 2.71. The van der Waals surface area contributed by atoms with Crippen LogP contribution in [0.15, 0.2) is 45.5 Å². The molecule has 258 valence electrons. The van der Waals surface area contributed by atoms with Gasteiger partial charge in [-0.1, -0.05) is 23.8 Å². The number of hydrogen-bond acceptors (Lipinski definition) is 9. The minimum Gasteiger partial charge on any atom is -0.444 e. The Hall–Kier alpha value is -4.72. The molecule has 4 heterocycles. The Morgan fingerprint density at radius 3 is 2.46 bits per heavy atom. The van der Waals surface area contributed by atoms with Gasteiger partial charge >= 0.3 is 11.8 Å². The van der Waals surface area contributed by atoms with Crippen molar-refractivity contribution in [1.29, 1.82) is 0 Å². The van der Waals surface area contributed by atoms with E-state index < -0.39 is 35.3 Å². The first-order valence-electron chi connectivity index (χ1n) is 16.3. The minimum absolute atomic E-state index is 0.191. The summed E-state index contributed by atoms with van der Waals surface area (Å²) in [6, 6.07) is 6.12. The number of carbonyl (C=O) groups is 3. The van der Waals surface area contributed by atoms with Gasteiger partial charge in [-0.05, 0) is 59.6 Å². The van der Waals surface area contributed by atoms with Crippen molar-refractivity contribution >= 4 is 34.9 Å². The zero-order valence-corrected chi connectivity index (χ0v) is 28.6. The number of aromatic nitrogens is 4. The first-order valence-corrected chi connectivity index (χ1v) is 16.3. The van der Waals surface area contributed by atoms with E-state index in [1.807, 2.05) is 24.8 Å². The molecule has 1 unspecified atom stereocenters. The van der Waals surface area contributed by atoms with E-state index in [0.717, 1.165) is 23.0 Å².